The molecule has 182 valence electrons. The molecule has 0 aliphatic carbocycles. The van der Waals surface area contributed by atoms with E-state index in [9.17, 15) is 9.59 Å². The van der Waals surface area contributed by atoms with Gasteiger partial charge in [-0.2, -0.15) is 0 Å². The minimum atomic E-state index is -0.253. The molecule has 2 aliphatic heterocycles. The van der Waals surface area contributed by atoms with Crippen LogP contribution in [0, 0.1) is 0 Å². The van der Waals surface area contributed by atoms with Crippen molar-refractivity contribution in [1.29, 1.82) is 0 Å². The van der Waals surface area contributed by atoms with E-state index in [-0.39, 0.29) is 11.8 Å². The summed E-state index contributed by atoms with van der Waals surface area (Å²) in [5.74, 6) is 0.252. The summed E-state index contributed by atoms with van der Waals surface area (Å²) in [6.07, 6.45) is 2.58. The number of anilines is 2. The van der Waals surface area contributed by atoms with E-state index in [1.54, 1.807) is 18.2 Å². The van der Waals surface area contributed by atoms with Crippen molar-refractivity contribution >= 4 is 34.2 Å². The van der Waals surface area contributed by atoms with E-state index in [2.05, 4.69) is 20.9 Å². The van der Waals surface area contributed by atoms with Crippen LogP contribution in [0.1, 0.15) is 39.1 Å². The highest BCUT2D eigenvalue weighted by Crippen LogP contribution is 2.36. The van der Waals surface area contributed by atoms with Gasteiger partial charge in [0.2, 0.25) is 0 Å². The molecule has 0 saturated carbocycles. The zero-order valence-electron chi connectivity index (χ0n) is 20.0. The number of para-hydroxylation sites is 1. The van der Waals surface area contributed by atoms with Gasteiger partial charge in [0.1, 0.15) is 11.3 Å². The highest BCUT2D eigenvalue weighted by Gasteiger charge is 2.28. The largest absolute Gasteiger partial charge is 0.456 e. The fourth-order valence-electron chi connectivity index (χ4n) is 5.10. The van der Waals surface area contributed by atoms with Crippen LogP contribution in [-0.4, -0.2) is 42.9 Å². The van der Waals surface area contributed by atoms with Gasteiger partial charge in [0.25, 0.3) is 11.8 Å². The summed E-state index contributed by atoms with van der Waals surface area (Å²) >= 11 is 0. The molecule has 3 aromatic carbocycles. The second-order valence-electron chi connectivity index (χ2n) is 9.35. The van der Waals surface area contributed by atoms with Crippen molar-refractivity contribution < 1.29 is 14.0 Å². The molecule has 2 amide bonds. The van der Waals surface area contributed by atoms with Crippen LogP contribution in [-0.2, 0) is 6.54 Å². The Balaban J connectivity index is 1.18. The van der Waals surface area contributed by atoms with E-state index in [4.69, 9.17) is 4.42 Å². The number of fused-ring (bicyclic) bond motifs is 2. The molecule has 0 spiro atoms. The third-order valence-electron chi connectivity index (χ3n) is 7.01. The molecule has 1 fully saturated rings. The summed E-state index contributed by atoms with van der Waals surface area (Å²) < 4.78 is 6.04. The second kappa shape index (κ2) is 9.51. The zero-order chi connectivity index (χ0) is 24.5. The zero-order valence-corrected chi connectivity index (χ0v) is 20.0. The van der Waals surface area contributed by atoms with E-state index in [1.165, 1.54) is 25.9 Å². The number of hydrogen-bond donors (Lipinski definition) is 3. The number of nitrogens with zero attached hydrogens (tertiary/aromatic N) is 1. The normalized spacial score (nSPS) is 15.2. The molecule has 2 aliphatic rings. The second-order valence-corrected chi connectivity index (χ2v) is 9.35. The maximum absolute atomic E-state index is 13.0. The van der Waals surface area contributed by atoms with Gasteiger partial charge >= 0.3 is 0 Å². The van der Waals surface area contributed by atoms with Crippen molar-refractivity contribution in [2.24, 2.45) is 0 Å². The molecule has 7 heteroatoms. The Kier molecular flexibility index (Phi) is 5.91. The number of carbonyl (C=O) groups is 2. The molecule has 36 heavy (non-hydrogen) atoms. The number of nitrogens with one attached hydrogen (secondary N) is 3. The van der Waals surface area contributed by atoms with Crippen molar-refractivity contribution in [2.45, 2.75) is 19.4 Å². The Morgan fingerprint density at radius 1 is 1.00 bits per heavy atom. The lowest BCUT2D eigenvalue weighted by atomic mass is 9.99. The fraction of sp³-hybridized carbons (Fsp3) is 0.241. The summed E-state index contributed by atoms with van der Waals surface area (Å²) in [4.78, 5) is 28.2. The third kappa shape index (κ3) is 4.33. The van der Waals surface area contributed by atoms with Gasteiger partial charge in [0.15, 0.2) is 0 Å². The predicted molar refractivity (Wildman–Crippen MR) is 141 cm³/mol. The maximum atomic E-state index is 13.0. The first-order chi connectivity index (χ1) is 17.7. The predicted octanol–water partition coefficient (Wildman–Crippen LogP) is 5.10. The van der Waals surface area contributed by atoms with Crippen molar-refractivity contribution in [3.05, 3.63) is 83.4 Å². The lowest BCUT2D eigenvalue weighted by molar-refractivity contribution is 0.0966. The Bertz CT molecular complexity index is 1400. The molecule has 0 atom stereocenters. The first kappa shape index (κ1) is 22.4. The number of benzene rings is 3. The van der Waals surface area contributed by atoms with Crippen LogP contribution in [0.2, 0.25) is 0 Å². The van der Waals surface area contributed by atoms with Gasteiger partial charge < -0.3 is 25.3 Å². The molecular formula is C29H28N4O3. The topological polar surface area (TPSA) is 86.6 Å². The average Bonchev–Trinajstić information content (AvgIpc) is 3.65. The number of likely N-dealkylation sites (tertiary alicyclic amines) is 1. The van der Waals surface area contributed by atoms with Gasteiger partial charge in [-0.3, -0.25) is 9.59 Å². The highest BCUT2D eigenvalue weighted by atomic mass is 16.3. The summed E-state index contributed by atoms with van der Waals surface area (Å²) in [6, 6.07) is 20.9. The number of hydrogen-bond acceptors (Lipinski definition) is 5. The summed E-state index contributed by atoms with van der Waals surface area (Å²) in [7, 11) is 0. The van der Waals surface area contributed by atoms with Crippen LogP contribution in [0.3, 0.4) is 0 Å². The van der Waals surface area contributed by atoms with Crippen LogP contribution in [0.5, 0.6) is 0 Å². The van der Waals surface area contributed by atoms with E-state index in [1.807, 2.05) is 48.5 Å². The molecule has 0 radical (unpaired) electrons. The smallest absolute Gasteiger partial charge is 0.255 e. The van der Waals surface area contributed by atoms with Crippen molar-refractivity contribution in [2.75, 3.05) is 36.8 Å². The molecular weight excluding hydrogens is 452 g/mol. The van der Waals surface area contributed by atoms with Crippen LogP contribution in [0.15, 0.2) is 71.1 Å². The Labute approximate surface area is 209 Å². The minimum Gasteiger partial charge on any atom is -0.456 e. The van der Waals surface area contributed by atoms with Crippen LogP contribution in [0.4, 0.5) is 11.4 Å². The molecule has 1 saturated heterocycles. The summed E-state index contributed by atoms with van der Waals surface area (Å²) in [5.41, 5.74) is 4.98. The van der Waals surface area contributed by atoms with Crippen LogP contribution < -0.4 is 16.0 Å². The van der Waals surface area contributed by atoms with Gasteiger partial charge in [0.05, 0.1) is 11.3 Å². The number of rotatable bonds is 7. The monoisotopic (exact) mass is 480 g/mol. The molecule has 3 heterocycles. The van der Waals surface area contributed by atoms with Crippen molar-refractivity contribution in [1.82, 2.24) is 10.2 Å². The van der Waals surface area contributed by atoms with E-state index >= 15 is 0 Å². The van der Waals surface area contributed by atoms with Crippen LogP contribution in [0.25, 0.3) is 22.3 Å². The van der Waals surface area contributed by atoms with Gasteiger partial charge in [-0.1, -0.05) is 18.2 Å². The quantitative estimate of drug-likeness (QED) is 0.343. The number of amides is 2. The molecule has 0 unspecified atom stereocenters. The van der Waals surface area contributed by atoms with Gasteiger partial charge in [-0.15, -0.1) is 0 Å². The SMILES string of the molecule is O=C(Nc1ccc(-c2cc3ccccc3o2)c2c1C(=O)NC2)c1ccc(NCCN2CCCC2)cc1. The van der Waals surface area contributed by atoms with E-state index < -0.39 is 0 Å². The third-order valence-corrected chi connectivity index (χ3v) is 7.01. The molecule has 3 N–H and O–H groups in total. The van der Waals surface area contributed by atoms with Crippen molar-refractivity contribution in [3.63, 3.8) is 0 Å². The standard InChI is InChI=1S/C29H28N4O3/c34-28(19-7-9-21(10-8-19)30-13-16-33-14-3-4-15-33)32-24-12-11-22(23-18-31-29(35)27(23)24)26-17-20-5-1-2-6-25(20)36-26/h1-2,5-12,17,30H,3-4,13-16,18H2,(H,31,35)(H,32,34). The van der Waals surface area contributed by atoms with Gasteiger partial charge in [0, 0.05) is 41.8 Å². The lowest BCUT2D eigenvalue weighted by Crippen LogP contribution is -2.25. The van der Waals surface area contributed by atoms with Gasteiger partial charge in [-0.05, 0) is 80.0 Å². The number of furan rings is 1. The molecule has 0 bridgehead atoms. The molecule has 7 nitrogen and oxygen atoms in total. The Morgan fingerprint density at radius 2 is 1.81 bits per heavy atom. The molecule has 4 aromatic rings. The highest BCUT2D eigenvalue weighted by molar-refractivity contribution is 6.11. The Hall–Kier alpha value is -4.10. The Morgan fingerprint density at radius 3 is 2.61 bits per heavy atom. The number of carbonyl (C=O) groups excluding carboxylic acids is 2. The van der Waals surface area contributed by atoms with Crippen molar-refractivity contribution in [3.8, 4) is 11.3 Å². The first-order valence-corrected chi connectivity index (χ1v) is 12.5. The maximum Gasteiger partial charge on any atom is 0.255 e. The fourth-order valence-corrected chi connectivity index (χ4v) is 5.10. The average molecular weight is 481 g/mol. The summed E-state index contributed by atoms with van der Waals surface area (Å²) in [5, 5.41) is 10.3. The molecule has 1 aromatic heterocycles. The van der Waals surface area contributed by atoms with Gasteiger partial charge in [-0.25, -0.2) is 0 Å². The molecule has 6 rings (SSSR count). The van der Waals surface area contributed by atoms with Crippen LogP contribution >= 0.6 is 0 Å². The lowest BCUT2D eigenvalue weighted by Gasteiger charge is -2.15. The minimum absolute atomic E-state index is 0.198. The first-order valence-electron chi connectivity index (χ1n) is 12.5. The summed E-state index contributed by atoms with van der Waals surface area (Å²) in [6.45, 7) is 4.66. The van der Waals surface area contributed by atoms with E-state index in [0.717, 1.165) is 40.9 Å². The van der Waals surface area contributed by atoms with E-state index in [0.29, 0.717) is 29.1 Å².